The molecule has 2 rings (SSSR count). The molecule has 0 spiro atoms. The molecule has 1 heterocycles. The highest BCUT2D eigenvalue weighted by atomic mass is 16.5. The molecular formula is C17H32N2O3. The Morgan fingerprint density at radius 2 is 2.09 bits per heavy atom. The third-order valence-electron chi connectivity index (χ3n) is 4.88. The second kappa shape index (κ2) is 8.85. The molecule has 22 heavy (non-hydrogen) atoms. The molecule has 0 aromatic heterocycles. The van der Waals surface area contributed by atoms with Crippen LogP contribution in [0, 0.1) is 0 Å². The molecule has 1 saturated carbocycles. The first-order valence-electron chi connectivity index (χ1n) is 8.91. The minimum atomic E-state index is -0.386. The van der Waals surface area contributed by atoms with Gasteiger partial charge in [0.25, 0.3) is 0 Å². The Bertz CT molecular complexity index is 343. The number of carbonyl (C=O) groups is 1. The summed E-state index contributed by atoms with van der Waals surface area (Å²) in [5.41, 5.74) is 0. The first-order valence-corrected chi connectivity index (χ1v) is 8.91. The van der Waals surface area contributed by atoms with Gasteiger partial charge in [0.1, 0.15) is 0 Å². The SMILES string of the molecule is CC[C@H]1CN(C(=O)CN(C[C@H](C)O)C2CCCCC2)CCO1. The Morgan fingerprint density at radius 3 is 2.73 bits per heavy atom. The normalized spacial score (nSPS) is 25.5. The van der Waals surface area contributed by atoms with Gasteiger partial charge >= 0.3 is 0 Å². The zero-order chi connectivity index (χ0) is 15.9. The standard InChI is InChI=1S/C17H32N2O3/c1-3-16-12-18(9-10-22-16)17(21)13-19(11-14(2)20)15-7-5-4-6-8-15/h14-16,20H,3-13H2,1-2H3/t14-,16-/m0/s1. The predicted molar refractivity (Wildman–Crippen MR) is 86.7 cm³/mol. The van der Waals surface area contributed by atoms with E-state index in [4.69, 9.17) is 4.74 Å². The van der Waals surface area contributed by atoms with Gasteiger partial charge in [0, 0.05) is 25.7 Å². The third kappa shape index (κ3) is 5.21. The Balaban J connectivity index is 1.91. The smallest absolute Gasteiger partial charge is 0.236 e. The Labute approximate surface area is 134 Å². The summed E-state index contributed by atoms with van der Waals surface area (Å²) in [5.74, 6) is 0.188. The quantitative estimate of drug-likeness (QED) is 0.810. The zero-order valence-corrected chi connectivity index (χ0v) is 14.2. The highest BCUT2D eigenvalue weighted by Crippen LogP contribution is 2.23. The van der Waals surface area contributed by atoms with Crippen LogP contribution in [0.2, 0.25) is 0 Å². The Kier molecular flexibility index (Phi) is 7.12. The lowest BCUT2D eigenvalue weighted by Crippen LogP contribution is -2.51. The van der Waals surface area contributed by atoms with Crippen molar-refractivity contribution in [1.29, 1.82) is 0 Å². The molecule has 5 nitrogen and oxygen atoms in total. The number of carbonyl (C=O) groups excluding carboxylic acids is 1. The highest BCUT2D eigenvalue weighted by molar-refractivity contribution is 5.78. The predicted octanol–water partition coefficient (Wildman–Crippen LogP) is 1.64. The fraction of sp³-hybridized carbons (Fsp3) is 0.941. The fourth-order valence-electron chi connectivity index (χ4n) is 3.59. The van der Waals surface area contributed by atoms with Crippen LogP contribution in [0.4, 0.5) is 0 Å². The molecule has 0 bridgehead atoms. The van der Waals surface area contributed by atoms with Crippen molar-refractivity contribution in [2.75, 3.05) is 32.8 Å². The molecule has 0 aromatic carbocycles. The molecule has 2 aliphatic rings. The summed E-state index contributed by atoms with van der Waals surface area (Å²) in [4.78, 5) is 16.8. The first kappa shape index (κ1) is 17.7. The number of aliphatic hydroxyl groups is 1. The summed E-state index contributed by atoms with van der Waals surface area (Å²) < 4.78 is 5.65. The molecule has 5 heteroatoms. The molecular weight excluding hydrogens is 280 g/mol. The van der Waals surface area contributed by atoms with Crippen molar-refractivity contribution in [2.45, 2.75) is 70.6 Å². The van der Waals surface area contributed by atoms with Gasteiger partial charge in [-0.3, -0.25) is 9.69 Å². The molecule has 1 saturated heterocycles. The van der Waals surface area contributed by atoms with Gasteiger partial charge in [-0.25, -0.2) is 0 Å². The fourth-order valence-corrected chi connectivity index (χ4v) is 3.59. The average molecular weight is 312 g/mol. The van der Waals surface area contributed by atoms with Gasteiger partial charge in [-0.05, 0) is 26.2 Å². The topological polar surface area (TPSA) is 53.0 Å². The number of amides is 1. The van der Waals surface area contributed by atoms with Gasteiger partial charge in [-0.2, -0.15) is 0 Å². The van der Waals surface area contributed by atoms with E-state index in [1.807, 2.05) is 11.8 Å². The maximum Gasteiger partial charge on any atom is 0.236 e. The van der Waals surface area contributed by atoms with E-state index in [2.05, 4.69) is 11.8 Å². The zero-order valence-electron chi connectivity index (χ0n) is 14.2. The van der Waals surface area contributed by atoms with Crippen LogP contribution < -0.4 is 0 Å². The van der Waals surface area contributed by atoms with Gasteiger partial charge in [0.2, 0.25) is 5.91 Å². The van der Waals surface area contributed by atoms with E-state index in [1.165, 1.54) is 19.3 Å². The minimum absolute atomic E-state index is 0.178. The van der Waals surface area contributed by atoms with Gasteiger partial charge in [-0.15, -0.1) is 0 Å². The number of hydrogen-bond acceptors (Lipinski definition) is 4. The van der Waals surface area contributed by atoms with Crippen molar-refractivity contribution in [3.63, 3.8) is 0 Å². The number of aliphatic hydroxyl groups excluding tert-OH is 1. The number of morpholine rings is 1. The lowest BCUT2D eigenvalue weighted by Gasteiger charge is -2.38. The summed E-state index contributed by atoms with van der Waals surface area (Å²) in [7, 11) is 0. The van der Waals surface area contributed by atoms with E-state index in [-0.39, 0.29) is 18.1 Å². The van der Waals surface area contributed by atoms with Crippen LogP contribution >= 0.6 is 0 Å². The lowest BCUT2D eigenvalue weighted by molar-refractivity contribution is -0.141. The van der Waals surface area contributed by atoms with E-state index < -0.39 is 0 Å². The average Bonchev–Trinajstić information content (AvgIpc) is 2.54. The summed E-state index contributed by atoms with van der Waals surface area (Å²) in [6.45, 7) is 6.99. The van der Waals surface area contributed by atoms with Crippen LogP contribution in [0.3, 0.4) is 0 Å². The van der Waals surface area contributed by atoms with Gasteiger partial charge in [0.15, 0.2) is 0 Å². The largest absolute Gasteiger partial charge is 0.392 e. The molecule has 0 aromatic rings. The number of hydrogen-bond donors (Lipinski definition) is 1. The van der Waals surface area contributed by atoms with Crippen molar-refractivity contribution in [3.8, 4) is 0 Å². The summed E-state index contributed by atoms with van der Waals surface area (Å²) in [6.07, 6.45) is 6.83. The molecule has 1 aliphatic carbocycles. The van der Waals surface area contributed by atoms with Crippen molar-refractivity contribution in [3.05, 3.63) is 0 Å². The van der Waals surface area contributed by atoms with Crippen LogP contribution in [0.25, 0.3) is 0 Å². The maximum absolute atomic E-state index is 12.6. The molecule has 1 N–H and O–H groups in total. The summed E-state index contributed by atoms with van der Waals surface area (Å²) >= 11 is 0. The Morgan fingerprint density at radius 1 is 1.36 bits per heavy atom. The molecule has 128 valence electrons. The van der Waals surface area contributed by atoms with Crippen LogP contribution in [0.15, 0.2) is 0 Å². The van der Waals surface area contributed by atoms with E-state index in [1.54, 1.807) is 0 Å². The van der Waals surface area contributed by atoms with Crippen LogP contribution in [-0.4, -0.2) is 71.8 Å². The third-order valence-corrected chi connectivity index (χ3v) is 4.88. The summed E-state index contributed by atoms with van der Waals surface area (Å²) in [5, 5.41) is 9.77. The minimum Gasteiger partial charge on any atom is -0.392 e. The summed E-state index contributed by atoms with van der Waals surface area (Å²) in [6, 6.07) is 0.454. The molecule has 1 amide bonds. The maximum atomic E-state index is 12.6. The van der Waals surface area contributed by atoms with Gasteiger partial charge < -0.3 is 14.7 Å². The van der Waals surface area contributed by atoms with Crippen LogP contribution in [0.5, 0.6) is 0 Å². The molecule has 2 fully saturated rings. The van der Waals surface area contributed by atoms with Gasteiger partial charge in [-0.1, -0.05) is 26.2 Å². The van der Waals surface area contributed by atoms with Crippen LogP contribution in [-0.2, 0) is 9.53 Å². The molecule has 0 unspecified atom stereocenters. The second-order valence-electron chi connectivity index (χ2n) is 6.81. The lowest BCUT2D eigenvalue weighted by atomic mass is 9.94. The molecule has 2 atom stereocenters. The second-order valence-corrected chi connectivity index (χ2v) is 6.81. The van der Waals surface area contributed by atoms with E-state index >= 15 is 0 Å². The molecule has 0 radical (unpaired) electrons. The van der Waals surface area contributed by atoms with Crippen molar-refractivity contribution in [2.24, 2.45) is 0 Å². The van der Waals surface area contributed by atoms with Crippen molar-refractivity contribution in [1.82, 2.24) is 9.80 Å². The molecule has 1 aliphatic heterocycles. The number of nitrogens with zero attached hydrogens (tertiary/aromatic N) is 2. The van der Waals surface area contributed by atoms with E-state index in [9.17, 15) is 9.90 Å². The van der Waals surface area contributed by atoms with Crippen molar-refractivity contribution >= 4 is 5.91 Å². The first-order chi connectivity index (χ1) is 10.6. The van der Waals surface area contributed by atoms with Gasteiger partial charge in [0.05, 0.1) is 25.4 Å². The number of rotatable bonds is 6. The van der Waals surface area contributed by atoms with Crippen LogP contribution in [0.1, 0.15) is 52.4 Å². The van der Waals surface area contributed by atoms with E-state index in [0.29, 0.717) is 38.8 Å². The highest BCUT2D eigenvalue weighted by Gasteiger charge is 2.28. The van der Waals surface area contributed by atoms with E-state index in [0.717, 1.165) is 19.3 Å². The monoisotopic (exact) mass is 312 g/mol. The Hall–Kier alpha value is -0.650. The number of ether oxygens (including phenoxy) is 1. The van der Waals surface area contributed by atoms with Crippen molar-refractivity contribution < 1.29 is 14.6 Å².